The van der Waals surface area contributed by atoms with Gasteiger partial charge in [0.15, 0.2) is 0 Å². The first-order chi connectivity index (χ1) is 7.11. The van der Waals surface area contributed by atoms with Gasteiger partial charge in [-0.2, -0.15) is 0 Å². The molecule has 15 heavy (non-hydrogen) atoms. The zero-order valence-corrected chi connectivity index (χ0v) is 10.3. The molecule has 1 N–H and O–H groups in total. The van der Waals surface area contributed by atoms with E-state index in [0.717, 1.165) is 19.6 Å². The molecule has 0 fully saturated rings. The molecule has 0 saturated carbocycles. The van der Waals surface area contributed by atoms with Gasteiger partial charge >= 0.3 is 0 Å². The van der Waals surface area contributed by atoms with Crippen LogP contribution in [0.1, 0.15) is 16.7 Å². The fraction of sp³-hybridized carbons (Fsp3) is 0.538. The van der Waals surface area contributed by atoms with E-state index in [-0.39, 0.29) is 0 Å². The minimum Gasteiger partial charge on any atom is -0.318 e. The standard InChI is InChI=1S/C13H22N2/c1-11-7-12(2)9-13(8-11)10-15(4)6-5-14-3/h7-9,14H,5-6,10H2,1-4H3. The van der Waals surface area contributed by atoms with Gasteiger partial charge in [-0.1, -0.05) is 29.3 Å². The van der Waals surface area contributed by atoms with Crippen LogP contribution in [0.2, 0.25) is 0 Å². The van der Waals surface area contributed by atoms with E-state index < -0.39 is 0 Å². The Kier molecular flexibility index (Phi) is 4.79. The maximum Gasteiger partial charge on any atom is 0.0231 e. The summed E-state index contributed by atoms with van der Waals surface area (Å²) in [5, 5.41) is 3.17. The summed E-state index contributed by atoms with van der Waals surface area (Å²) in [5.74, 6) is 0. The summed E-state index contributed by atoms with van der Waals surface area (Å²) in [4.78, 5) is 2.34. The molecule has 0 aliphatic rings. The number of rotatable bonds is 5. The molecule has 0 heterocycles. The van der Waals surface area contributed by atoms with Crippen LogP contribution in [0.3, 0.4) is 0 Å². The highest BCUT2D eigenvalue weighted by Crippen LogP contribution is 2.10. The van der Waals surface area contributed by atoms with Crippen molar-refractivity contribution in [1.82, 2.24) is 10.2 Å². The Labute approximate surface area is 93.3 Å². The van der Waals surface area contributed by atoms with Crippen molar-refractivity contribution in [1.29, 1.82) is 0 Å². The third-order valence-corrected chi connectivity index (χ3v) is 2.48. The second kappa shape index (κ2) is 5.89. The summed E-state index contributed by atoms with van der Waals surface area (Å²) in [7, 11) is 4.15. The second-order valence-electron chi connectivity index (χ2n) is 4.34. The van der Waals surface area contributed by atoms with Gasteiger partial charge in [0.1, 0.15) is 0 Å². The third kappa shape index (κ3) is 4.45. The van der Waals surface area contributed by atoms with Gasteiger partial charge < -0.3 is 10.2 Å². The van der Waals surface area contributed by atoms with Crippen LogP contribution < -0.4 is 5.32 Å². The minimum absolute atomic E-state index is 1.03. The molecular formula is C13H22N2. The Morgan fingerprint density at radius 3 is 2.27 bits per heavy atom. The fourth-order valence-corrected chi connectivity index (χ4v) is 1.85. The lowest BCUT2D eigenvalue weighted by atomic mass is 10.1. The highest BCUT2D eigenvalue weighted by molar-refractivity contribution is 5.28. The minimum atomic E-state index is 1.03. The number of aryl methyl sites for hydroxylation is 2. The summed E-state index contributed by atoms with van der Waals surface area (Å²) in [6.45, 7) is 7.48. The average molecular weight is 206 g/mol. The molecule has 0 amide bonds. The Morgan fingerprint density at radius 1 is 1.13 bits per heavy atom. The molecular weight excluding hydrogens is 184 g/mol. The lowest BCUT2D eigenvalue weighted by molar-refractivity contribution is 0.328. The van der Waals surface area contributed by atoms with Gasteiger partial charge in [0, 0.05) is 19.6 Å². The molecule has 0 bridgehead atoms. The van der Waals surface area contributed by atoms with E-state index in [1.807, 2.05) is 7.05 Å². The monoisotopic (exact) mass is 206 g/mol. The molecule has 1 aromatic carbocycles. The fourth-order valence-electron chi connectivity index (χ4n) is 1.85. The summed E-state index contributed by atoms with van der Waals surface area (Å²) >= 11 is 0. The first kappa shape index (κ1) is 12.2. The van der Waals surface area contributed by atoms with Crippen LogP contribution in [0.5, 0.6) is 0 Å². The predicted molar refractivity (Wildman–Crippen MR) is 66.2 cm³/mol. The summed E-state index contributed by atoms with van der Waals surface area (Å²) in [5.41, 5.74) is 4.12. The Bertz CT molecular complexity index is 287. The Balaban J connectivity index is 2.56. The quantitative estimate of drug-likeness (QED) is 0.792. The van der Waals surface area contributed by atoms with Crippen LogP contribution in [-0.2, 0) is 6.54 Å². The SMILES string of the molecule is CNCCN(C)Cc1cc(C)cc(C)c1. The first-order valence-corrected chi connectivity index (χ1v) is 5.52. The van der Waals surface area contributed by atoms with Crippen LogP contribution in [0, 0.1) is 13.8 Å². The van der Waals surface area contributed by atoms with Gasteiger partial charge in [-0.05, 0) is 33.5 Å². The Hall–Kier alpha value is -0.860. The van der Waals surface area contributed by atoms with E-state index >= 15 is 0 Å². The number of nitrogens with one attached hydrogen (secondary N) is 1. The zero-order valence-electron chi connectivity index (χ0n) is 10.3. The van der Waals surface area contributed by atoms with E-state index in [1.165, 1.54) is 16.7 Å². The molecule has 1 aromatic rings. The van der Waals surface area contributed by atoms with Crippen molar-refractivity contribution in [2.75, 3.05) is 27.2 Å². The van der Waals surface area contributed by atoms with Crippen molar-refractivity contribution in [2.45, 2.75) is 20.4 Å². The van der Waals surface area contributed by atoms with Gasteiger partial charge in [0.25, 0.3) is 0 Å². The number of likely N-dealkylation sites (N-methyl/N-ethyl adjacent to an activating group) is 2. The van der Waals surface area contributed by atoms with E-state index in [2.05, 4.69) is 49.3 Å². The van der Waals surface area contributed by atoms with Crippen molar-refractivity contribution in [2.24, 2.45) is 0 Å². The molecule has 0 spiro atoms. The maximum atomic E-state index is 3.17. The molecule has 0 radical (unpaired) electrons. The van der Waals surface area contributed by atoms with Gasteiger partial charge in [-0.25, -0.2) is 0 Å². The molecule has 0 saturated heterocycles. The van der Waals surface area contributed by atoms with E-state index in [4.69, 9.17) is 0 Å². The topological polar surface area (TPSA) is 15.3 Å². The van der Waals surface area contributed by atoms with Crippen LogP contribution in [-0.4, -0.2) is 32.1 Å². The number of hydrogen-bond donors (Lipinski definition) is 1. The lowest BCUT2D eigenvalue weighted by Gasteiger charge is -2.17. The Morgan fingerprint density at radius 2 is 1.73 bits per heavy atom. The van der Waals surface area contributed by atoms with Crippen LogP contribution >= 0.6 is 0 Å². The number of benzene rings is 1. The smallest absolute Gasteiger partial charge is 0.0231 e. The predicted octanol–water partition coefficient (Wildman–Crippen LogP) is 1.95. The molecule has 0 aromatic heterocycles. The second-order valence-corrected chi connectivity index (χ2v) is 4.34. The summed E-state index contributed by atoms with van der Waals surface area (Å²) < 4.78 is 0. The number of hydrogen-bond acceptors (Lipinski definition) is 2. The van der Waals surface area contributed by atoms with Crippen LogP contribution in [0.25, 0.3) is 0 Å². The normalized spacial score (nSPS) is 11.0. The number of nitrogens with zero attached hydrogens (tertiary/aromatic N) is 1. The third-order valence-electron chi connectivity index (χ3n) is 2.48. The van der Waals surface area contributed by atoms with E-state index in [1.54, 1.807) is 0 Å². The molecule has 0 aliphatic heterocycles. The maximum absolute atomic E-state index is 3.17. The van der Waals surface area contributed by atoms with Crippen LogP contribution in [0.4, 0.5) is 0 Å². The van der Waals surface area contributed by atoms with Gasteiger partial charge in [-0.15, -0.1) is 0 Å². The van der Waals surface area contributed by atoms with Crippen molar-refractivity contribution in [3.05, 3.63) is 34.9 Å². The van der Waals surface area contributed by atoms with Gasteiger partial charge in [0.2, 0.25) is 0 Å². The molecule has 84 valence electrons. The highest BCUT2D eigenvalue weighted by atomic mass is 15.1. The van der Waals surface area contributed by atoms with E-state index in [0.29, 0.717) is 0 Å². The van der Waals surface area contributed by atoms with Crippen LogP contribution in [0.15, 0.2) is 18.2 Å². The molecule has 0 atom stereocenters. The highest BCUT2D eigenvalue weighted by Gasteiger charge is 2.00. The summed E-state index contributed by atoms with van der Waals surface area (Å²) in [6.07, 6.45) is 0. The van der Waals surface area contributed by atoms with E-state index in [9.17, 15) is 0 Å². The molecule has 1 rings (SSSR count). The first-order valence-electron chi connectivity index (χ1n) is 5.52. The average Bonchev–Trinajstić information content (AvgIpc) is 2.13. The van der Waals surface area contributed by atoms with Crippen molar-refractivity contribution in [3.63, 3.8) is 0 Å². The van der Waals surface area contributed by atoms with Gasteiger partial charge in [0.05, 0.1) is 0 Å². The van der Waals surface area contributed by atoms with Gasteiger partial charge in [-0.3, -0.25) is 0 Å². The van der Waals surface area contributed by atoms with Crippen molar-refractivity contribution < 1.29 is 0 Å². The van der Waals surface area contributed by atoms with Crippen molar-refractivity contribution in [3.8, 4) is 0 Å². The largest absolute Gasteiger partial charge is 0.318 e. The molecule has 2 nitrogen and oxygen atoms in total. The zero-order chi connectivity index (χ0) is 11.3. The molecule has 0 unspecified atom stereocenters. The van der Waals surface area contributed by atoms with Crippen molar-refractivity contribution >= 4 is 0 Å². The summed E-state index contributed by atoms with van der Waals surface area (Å²) in [6, 6.07) is 6.75. The molecule has 2 heteroatoms. The lowest BCUT2D eigenvalue weighted by Crippen LogP contribution is -2.26. The molecule has 0 aliphatic carbocycles.